The van der Waals surface area contributed by atoms with Crippen LogP contribution in [0.2, 0.25) is 0 Å². The van der Waals surface area contributed by atoms with Gasteiger partial charge >= 0.3 is 0 Å². The molecule has 0 saturated carbocycles. The molecule has 2 rings (SSSR count). The van der Waals surface area contributed by atoms with E-state index < -0.39 is 0 Å². The molecular formula is C14H20BrClN2OS. The van der Waals surface area contributed by atoms with Crippen molar-refractivity contribution in [2.24, 2.45) is 0 Å². The van der Waals surface area contributed by atoms with Crippen molar-refractivity contribution in [3.8, 4) is 0 Å². The Morgan fingerprint density at radius 3 is 2.75 bits per heavy atom. The summed E-state index contributed by atoms with van der Waals surface area (Å²) in [6, 6.07) is 8.22. The Labute approximate surface area is 139 Å². The topological polar surface area (TPSA) is 32.3 Å². The van der Waals surface area contributed by atoms with Crippen LogP contribution in [-0.2, 0) is 4.79 Å². The van der Waals surface area contributed by atoms with E-state index in [4.69, 9.17) is 0 Å². The smallest absolute Gasteiger partial charge is 0.223 e. The van der Waals surface area contributed by atoms with Crippen molar-refractivity contribution < 1.29 is 4.79 Å². The average molecular weight is 380 g/mol. The Kier molecular flexibility index (Phi) is 8.61. The van der Waals surface area contributed by atoms with Crippen molar-refractivity contribution in [3.05, 3.63) is 28.7 Å². The molecule has 6 heteroatoms. The zero-order valence-corrected chi connectivity index (χ0v) is 14.5. The number of nitrogens with one attached hydrogen (secondary N) is 1. The van der Waals surface area contributed by atoms with Gasteiger partial charge in [-0.05, 0) is 37.2 Å². The number of rotatable bonds is 4. The molecule has 0 bridgehead atoms. The molecule has 1 saturated heterocycles. The number of thioether (sulfide) groups is 1. The van der Waals surface area contributed by atoms with Crippen molar-refractivity contribution in [2.45, 2.75) is 17.7 Å². The third-order valence-electron chi connectivity index (χ3n) is 3.09. The van der Waals surface area contributed by atoms with Gasteiger partial charge in [0.15, 0.2) is 0 Å². The summed E-state index contributed by atoms with van der Waals surface area (Å²) in [4.78, 5) is 15.3. The van der Waals surface area contributed by atoms with E-state index in [-0.39, 0.29) is 18.3 Å². The van der Waals surface area contributed by atoms with Crippen molar-refractivity contribution in [3.63, 3.8) is 0 Å². The molecule has 1 amide bonds. The van der Waals surface area contributed by atoms with Crippen molar-refractivity contribution in [1.82, 2.24) is 10.2 Å². The van der Waals surface area contributed by atoms with Crippen LogP contribution in [0.3, 0.4) is 0 Å². The minimum absolute atomic E-state index is 0. The van der Waals surface area contributed by atoms with Crippen LogP contribution in [0, 0.1) is 0 Å². The van der Waals surface area contributed by atoms with Gasteiger partial charge in [-0.2, -0.15) is 0 Å². The molecule has 1 aromatic rings. The quantitative estimate of drug-likeness (QED) is 0.816. The predicted molar refractivity (Wildman–Crippen MR) is 90.8 cm³/mol. The molecule has 20 heavy (non-hydrogen) atoms. The lowest BCUT2D eigenvalue weighted by Crippen LogP contribution is -2.34. The average Bonchev–Trinajstić information content (AvgIpc) is 2.70. The fourth-order valence-corrected chi connectivity index (χ4v) is 3.15. The second-order valence-electron chi connectivity index (χ2n) is 4.54. The fraction of sp³-hybridized carbons (Fsp3) is 0.500. The molecule has 3 nitrogen and oxygen atoms in total. The SMILES string of the molecule is Cl.O=C(CCSc1ccc(Br)cc1)N1CCCNCC1. The first-order valence-corrected chi connectivity index (χ1v) is 8.40. The Bertz CT molecular complexity index is 408. The van der Waals surface area contributed by atoms with Crippen molar-refractivity contribution >= 4 is 46.0 Å². The summed E-state index contributed by atoms with van der Waals surface area (Å²) >= 11 is 5.16. The number of hydrogen-bond donors (Lipinski definition) is 1. The highest BCUT2D eigenvalue weighted by molar-refractivity contribution is 9.10. The first-order valence-electron chi connectivity index (χ1n) is 6.62. The molecule has 0 aliphatic carbocycles. The molecule has 1 aliphatic rings. The monoisotopic (exact) mass is 378 g/mol. The van der Waals surface area contributed by atoms with Crippen LogP contribution in [0.25, 0.3) is 0 Å². The van der Waals surface area contributed by atoms with Crippen LogP contribution in [0.1, 0.15) is 12.8 Å². The van der Waals surface area contributed by atoms with Gasteiger partial charge < -0.3 is 10.2 Å². The molecule has 1 aliphatic heterocycles. The minimum Gasteiger partial charge on any atom is -0.341 e. The van der Waals surface area contributed by atoms with E-state index in [9.17, 15) is 4.79 Å². The largest absolute Gasteiger partial charge is 0.341 e. The van der Waals surface area contributed by atoms with Gasteiger partial charge in [-0.25, -0.2) is 0 Å². The van der Waals surface area contributed by atoms with Crippen LogP contribution in [-0.4, -0.2) is 42.7 Å². The summed E-state index contributed by atoms with van der Waals surface area (Å²) in [5.41, 5.74) is 0. The molecular weight excluding hydrogens is 360 g/mol. The maximum Gasteiger partial charge on any atom is 0.223 e. The van der Waals surface area contributed by atoms with Crippen LogP contribution < -0.4 is 5.32 Å². The standard InChI is InChI=1S/C14H19BrN2OS.ClH/c15-12-2-4-13(5-3-12)19-11-6-14(18)17-9-1-7-16-8-10-17;/h2-5,16H,1,6-11H2;1H. The number of amides is 1. The Morgan fingerprint density at radius 1 is 1.25 bits per heavy atom. The number of carbonyl (C=O) groups is 1. The molecule has 112 valence electrons. The number of benzene rings is 1. The number of carbonyl (C=O) groups excluding carboxylic acids is 1. The molecule has 1 heterocycles. The van der Waals surface area contributed by atoms with Gasteiger partial charge in [-0.3, -0.25) is 4.79 Å². The van der Waals surface area contributed by atoms with Crippen LogP contribution in [0.15, 0.2) is 33.6 Å². The number of halogens is 2. The highest BCUT2D eigenvalue weighted by atomic mass is 79.9. The third kappa shape index (κ3) is 6.04. The van der Waals surface area contributed by atoms with Crippen LogP contribution in [0.4, 0.5) is 0 Å². The number of nitrogens with zero attached hydrogens (tertiary/aromatic N) is 1. The number of hydrogen-bond acceptors (Lipinski definition) is 3. The fourth-order valence-electron chi connectivity index (χ4n) is 2.04. The third-order valence-corrected chi connectivity index (χ3v) is 4.63. The molecule has 1 fully saturated rings. The van der Waals surface area contributed by atoms with E-state index in [0.29, 0.717) is 6.42 Å². The van der Waals surface area contributed by atoms with Gasteiger partial charge in [0.25, 0.3) is 0 Å². The van der Waals surface area contributed by atoms with Gasteiger partial charge in [0, 0.05) is 41.2 Å². The van der Waals surface area contributed by atoms with Gasteiger partial charge in [-0.15, -0.1) is 24.2 Å². The summed E-state index contributed by atoms with van der Waals surface area (Å²) in [5, 5.41) is 3.32. The minimum atomic E-state index is 0. The van der Waals surface area contributed by atoms with Gasteiger partial charge in [-0.1, -0.05) is 15.9 Å². The zero-order chi connectivity index (χ0) is 13.5. The maximum atomic E-state index is 12.1. The second-order valence-corrected chi connectivity index (χ2v) is 6.62. The Hall–Kier alpha value is -0.230. The lowest BCUT2D eigenvalue weighted by Gasteiger charge is -2.19. The van der Waals surface area contributed by atoms with Gasteiger partial charge in [0.05, 0.1) is 0 Å². The van der Waals surface area contributed by atoms with Gasteiger partial charge in [0.1, 0.15) is 0 Å². The zero-order valence-electron chi connectivity index (χ0n) is 11.3. The van der Waals surface area contributed by atoms with Gasteiger partial charge in [0.2, 0.25) is 5.91 Å². The molecule has 0 atom stereocenters. The summed E-state index contributed by atoms with van der Waals surface area (Å²) in [6.45, 7) is 3.69. The van der Waals surface area contributed by atoms with E-state index in [1.165, 1.54) is 4.90 Å². The summed E-state index contributed by atoms with van der Waals surface area (Å²) in [7, 11) is 0. The van der Waals surface area contributed by atoms with E-state index in [0.717, 1.165) is 42.8 Å². The molecule has 0 radical (unpaired) electrons. The Morgan fingerprint density at radius 2 is 2.00 bits per heavy atom. The first kappa shape index (κ1) is 17.8. The molecule has 0 aromatic heterocycles. The van der Waals surface area contributed by atoms with E-state index >= 15 is 0 Å². The molecule has 1 N–H and O–H groups in total. The Balaban J connectivity index is 0.00000200. The van der Waals surface area contributed by atoms with E-state index in [1.807, 2.05) is 17.0 Å². The maximum absolute atomic E-state index is 12.1. The highest BCUT2D eigenvalue weighted by Crippen LogP contribution is 2.21. The predicted octanol–water partition coefficient (Wildman–Crippen LogP) is 3.18. The normalized spacial score (nSPS) is 15.3. The van der Waals surface area contributed by atoms with E-state index in [1.54, 1.807) is 11.8 Å². The summed E-state index contributed by atoms with van der Waals surface area (Å²) < 4.78 is 1.09. The first-order chi connectivity index (χ1) is 9.25. The summed E-state index contributed by atoms with van der Waals surface area (Å²) in [5.74, 6) is 1.14. The lowest BCUT2D eigenvalue weighted by molar-refractivity contribution is -0.130. The van der Waals surface area contributed by atoms with E-state index in [2.05, 4.69) is 33.4 Å². The molecule has 0 unspecified atom stereocenters. The second kappa shape index (κ2) is 9.66. The summed E-state index contributed by atoms with van der Waals surface area (Å²) in [6.07, 6.45) is 1.69. The van der Waals surface area contributed by atoms with Crippen LogP contribution in [0.5, 0.6) is 0 Å². The van der Waals surface area contributed by atoms with Crippen LogP contribution >= 0.6 is 40.1 Å². The van der Waals surface area contributed by atoms with Crippen molar-refractivity contribution in [2.75, 3.05) is 31.9 Å². The molecule has 0 spiro atoms. The lowest BCUT2D eigenvalue weighted by atomic mass is 10.3. The van der Waals surface area contributed by atoms with Crippen molar-refractivity contribution in [1.29, 1.82) is 0 Å². The molecule has 1 aromatic carbocycles. The highest BCUT2D eigenvalue weighted by Gasteiger charge is 2.14.